The molecule has 1 heterocycles. The summed E-state index contributed by atoms with van der Waals surface area (Å²) < 4.78 is 5.98. The van der Waals surface area contributed by atoms with Crippen molar-refractivity contribution >= 4 is 17.2 Å². The molecule has 2 aromatic carbocycles. The summed E-state index contributed by atoms with van der Waals surface area (Å²) in [6.45, 7) is 8.43. The van der Waals surface area contributed by atoms with Crippen molar-refractivity contribution < 1.29 is 9.53 Å². The highest BCUT2D eigenvalue weighted by molar-refractivity contribution is 7.13. The third-order valence-corrected chi connectivity index (χ3v) is 5.42. The molecule has 0 bridgehead atoms. The van der Waals surface area contributed by atoms with Gasteiger partial charge in [-0.05, 0) is 37.0 Å². The number of amides is 1. The quantitative estimate of drug-likeness (QED) is 0.589. The number of nitrogens with one attached hydrogen (secondary N) is 1. The van der Waals surface area contributed by atoms with Crippen LogP contribution < -0.4 is 10.1 Å². The van der Waals surface area contributed by atoms with E-state index in [0.717, 1.165) is 33.1 Å². The van der Waals surface area contributed by atoms with E-state index in [0.29, 0.717) is 12.5 Å². The van der Waals surface area contributed by atoms with Crippen LogP contribution in [0.2, 0.25) is 0 Å². The lowest BCUT2D eigenvalue weighted by Crippen LogP contribution is -2.36. The van der Waals surface area contributed by atoms with E-state index in [1.807, 2.05) is 48.7 Å². The Morgan fingerprint density at radius 3 is 2.61 bits per heavy atom. The van der Waals surface area contributed by atoms with Gasteiger partial charge in [0.05, 0.1) is 12.2 Å². The fraction of sp³-hybridized carbons (Fsp3) is 0.304. The predicted molar refractivity (Wildman–Crippen MR) is 115 cm³/mol. The van der Waals surface area contributed by atoms with Gasteiger partial charge in [0.2, 0.25) is 0 Å². The second-order valence-corrected chi connectivity index (χ2v) is 8.04. The van der Waals surface area contributed by atoms with E-state index in [4.69, 9.17) is 4.74 Å². The number of aryl methyl sites for hydroxylation is 1. The third kappa shape index (κ3) is 4.98. The number of carbonyl (C=O) groups excluding carboxylic acids is 1. The molecular formula is C23H26N2O2S. The number of hydrogen-bond donors (Lipinski definition) is 1. The monoisotopic (exact) mass is 394 g/mol. The molecule has 0 aliphatic carbocycles. The van der Waals surface area contributed by atoms with E-state index in [9.17, 15) is 4.79 Å². The second-order valence-electron chi connectivity index (χ2n) is 7.18. The SMILES string of the molecule is Cc1ccc(C(C)C)c(OC(C)C(=O)NCc2csc(-c3ccccc3)n2)c1. The van der Waals surface area contributed by atoms with Crippen LogP contribution >= 0.6 is 11.3 Å². The normalized spacial score (nSPS) is 12.0. The van der Waals surface area contributed by atoms with Crippen molar-refractivity contribution in [2.75, 3.05) is 0 Å². The Balaban J connectivity index is 1.60. The summed E-state index contributed by atoms with van der Waals surface area (Å²) in [5.41, 5.74) is 4.16. The number of benzene rings is 2. The van der Waals surface area contributed by atoms with E-state index >= 15 is 0 Å². The molecule has 0 fully saturated rings. The number of ether oxygens (including phenoxy) is 1. The zero-order valence-electron chi connectivity index (χ0n) is 16.7. The molecule has 0 spiro atoms. The Kier molecular flexibility index (Phi) is 6.47. The van der Waals surface area contributed by atoms with Crippen LogP contribution in [0, 0.1) is 6.92 Å². The second kappa shape index (κ2) is 9.02. The van der Waals surface area contributed by atoms with Crippen molar-refractivity contribution in [3.63, 3.8) is 0 Å². The molecule has 146 valence electrons. The van der Waals surface area contributed by atoms with Crippen molar-refractivity contribution in [3.8, 4) is 16.3 Å². The van der Waals surface area contributed by atoms with Gasteiger partial charge in [0.15, 0.2) is 6.10 Å². The van der Waals surface area contributed by atoms with Gasteiger partial charge in [-0.1, -0.05) is 56.3 Å². The minimum Gasteiger partial charge on any atom is -0.481 e. The number of thiazole rings is 1. The highest BCUT2D eigenvalue weighted by Gasteiger charge is 2.18. The van der Waals surface area contributed by atoms with Gasteiger partial charge in [-0.2, -0.15) is 0 Å². The third-order valence-electron chi connectivity index (χ3n) is 4.48. The van der Waals surface area contributed by atoms with Gasteiger partial charge in [-0.3, -0.25) is 4.79 Å². The Hall–Kier alpha value is -2.66. The van der Waals surface area contributed by atoms with Gasteiger partial charge >= 0.3 is 0 Å². The van der Waals surface area contributed by atoms with Crippen LogP contribution in [0.25, 0.3) is 10.6 Å². The number of nitrogens with zero attached hydrogens (tertiary/aromatic N) is 1. The first-order valence-corrected chi connectivity index (χ1v) is 10.4. The highest BCUT2D eigenvalue weighted by Crippen LogP contribution is 2.28. The zero-order valence-corrected chi connectivity index (χ0v) is 17.5. The highest BCUT2D eigenvalue weighted by atomic mass is 32.1. The maximum atomic E-state index is 12.5. The summed E-state index contributed by atoms with van der Waals surface area (Å²) in [7, 11) is 0. The fourth-order valence-corrected chi connectivity index (χ4v) is 3.71. The number of aromatic nitrogens is 1. The Morgan fingerprint density at radius 1 is 1.14 bits per heavy atom. The lowest BCUT2D eigenvalue weighted by molar-refractivity contribution is -0.127. The molecule has 1 aromatic heterocycles. The minimum atomic E-state index is -0.577. The standard InChI is InChI=1S/C23H26N2O2S/c1-15(2)20-11-10-16(3)12-21(20)27-17(4)22(26)24-13-19-14-28-23(25-19)18-8-6-5-7-9-18/h5-12,14-15,17H,13H2,1-4H3,(H,24,26). The van der Waals surface area contributed by atoms with Crippen LogP contribution in [0.5, 0.6) is 5.75 Å². The summed E-state index contributed by atoms with van der Waals surface area (Å²) in [5.74, 6) is 0.959. The molecule has 1 amide bonds. The first-order valence-electron chi connectivity index (χ1n) is 9.48. The van der Waals surface area contributed by atoms with Gasteiger partial charge in [0.1, 0.15) is 10.8 Å². The molecule has 0 aliphatic rings. The Bertz CT molecular complexity index is 935. The molecule has 1 N–H and O–H groups in total. The molecular weight excluding hydrogens is 368 g/mol. The molecule has 0 radical (unpaired) electrons. The molecule has 0 saturated carbocycles. The Labute approximate surface area is 170 Å². The van der Waals surface area contributed by atoms with Crippen LogP contribution in [-0.2, 0) is 11.3 Å². The molecule has 5 heteroatoms. The molecule has 0 aliphatic heterocycles. The van der Waals surface area contributed by atoms with Crippen LogP contribution in [0.4, 0.5) is 0 Å². The maximum absolute atomic E-state index is 12.5. The number of rotatable bonds is 7. The first-order chi connectivity index (χ1) is 13.4. The summed E-state index contributed by atoms with van der Waals surface area (Å²) in [6.07, 6.45) is -0.577. The lowest BCUT2D eigenvalue weighted by atomic mass is 10.0. The molecule has 3 aromatic rings. The van der Waals surface area contributed by atoms with Gasteiger partial charge in [0.25, 0.3) is 5.91 Å². The van der Waals surface area contributed by atoms with Crippen LogP contribution in [0.3, 0.4) is 0 Å². The van der Waals surface area contributed by atoms with Crippen molar-refractivity contribution in [3.05, 3.63) is 70.7 Å². The molecule has 1 unspecified atom stereocenters. The van der Waals surface area contributed by atoms with E-state index in [1.165, 1.54) is 0 Å². The van der Waals surface area contributed by atoms with Crippen molar-refractivity contribution in [1.82, 2.24) is 10.3 Å². The summed E-state index contributed by atoms with van der Waals surface area (Å²) in [4.78, 5) is 17.1. The fourth-order valence-electron chi connectivity index (χ4n) is 2.89. The molecule has 0 saturated heterocycles. The molecule has 1 atom stereocenters. The van der Waals surface area contributed by atoms with E-state index in [-0.39, 0.29) is 5.91 Å². The number of carbonyl (C=O) groups is 1. The first kappa shape index (κ1) is 20.1. The van der Waals surface area contributed by atoms with Crippen LogP contribution in [-0.4, -0.2) is 17.0 Å². The van der Waals surface area contributed by atoms with Crippen molar-refractivity contribution in [1.29, 1.82) is 0 Å². The number of hydrogen-bond acceptors (Lipinski definition) is 4. The summed E-state index contributed by atoms with van der Waals surface area (Å²) in [5, 5.41) is 5.86. The summed E-state index contributed by atoms with van der Waals surface area (Å²) in [6, 6.07) is 16.2. The van der Waals surface area contributed by atoms with Gasteiger partial charge in [-0.25, -0.2) is 4.98 Å². The summed E-state index contributed by atoms with van der Waals surface area (Å²) >= 11 is 1.58. The maximum Gasteiger partial charge on any atom is 0.261 e. The van der Waals surface area contributed by atoms with Gasteiger partial charge < -0.3 is 10.1 Å². The average molecular weight is 395 g/mol. The van der Waals surface area contributed by atoms with Crippen LogP contribution in [0.15, 0.2) is 53.9 Å². The molecule has 28 heavy (non-hydrogen) atoms. The zero-order chi connectivity index (χ0) is 20.1. The van der Waals surface area contributed by atoms with Crippen molar-refractivity contribution in [2.24, 2.45) is 0 Å². The van der Waals surface area contributed by atoms with Gasteiger partial charge in [0, 0.05) is 10.9 Å². The molecule has 3 rings (SSSR count). The smallest absolute Gasteiger partial charge is 0.261 e. The predicted octanol–water partition coefficient (Wildman–Crippen LogP) is 5.33. The topological polar surface area (TPSA) is 51.2 Å². The molecule has 4 nitrogen and oxygen atoms in total. The van der Waals surface area contributed by atoms with E-state index < -0.39 is 6.10 Å². The van der Waals surface area contributed by atoms with Crippen molar-refractivity contribution in [2.45, 2.75) is 46.3 Å². The van der Waals surface area contributed by atoms with Gasteiger partial charge in [-0.15, -0.1) is 11.3 Å². The average Bonchev–Trinajstić information content (AvgIpc) is 3.15. The Morgan fingerprint density at radius 2 is 1.89 bits per heavy atom. The van der Waals surface area contributed by atoms with E-state index in [2.05, 4.69) is 36.3 Å². The van der Waals surface area contributed by atoms with Crippen LogP contribution in [0.1, 0.15) is 43.5 Å². The minimum absolute atomic E-state index is 0.148. The largest absolute Gasteiger partial charge is 0.481 e. The lowest BCUT2D eigenvalue weighted by Gasteiger charge is -2.19. The van der Waals surface area contributed by atoms with E-state index in [1.54, 1.807) is 18.3 Å².